The van der Waals surface area contributed by atoms with Crippen molar-refractivity contribution in [3.8, 4) is 0 Å². The highest BCUT2D eigenvalue weighted by Gasteiger charge is 2.42. The lowest BCUT2D eigenvalue weighted by Crippen LogP contribution is -2.52. The molecule has 1 aliphatic carbocycles. The number of carbonyl (C=O) groups is 1. The fourth-order valence-corrected chi connectivity index (χ4v) is 3.39. The van der Waals surface area contributed by atoms with E-state index in [0.29, 0.717) is 11.6 Å². The predicted octanol–water partition coefficient (Wildman–Crippen LogP) is 1.65. The molecule has 1 atom stereocenters. The highest BCUT2D eigenvalue weighted by molar-refractivity contribution is 5.89. The van der Waals surface area contributed by atoms with E-state index in [-0.39, 0.29) is 12.6 Å². The number of aliphatic hydroxyl groups is 1. The molecule has 0 aromatic carbocycles. The molecule has 1 aromatic rings. The van der Waals surface area contributed by atoms with Gasteiger partial charge in [0.1, 0.15) is 0 Å². The number of aliphatic hydroxyl groups excluding tert-OH is 1. The van der Waals surface area contributed by atoms with E-state index in [1.54, 1.807) is 6.20 Å². The van der Waals surface area contributed by atoms with Crippen LogP contribution in [0.1, 0.15) is 39.0 Å². The molecule has 1 aromatic heterocycles. The van der Waals surface area contributed by atoms with Crippen LogP contribution in [0.3, 0.4) is 0 Å². The largest absolute Gasteiger partial charge is 0.394 e. The first kappa shape index (κ1) is 17.2. The van der Waals surface area contributed by atoms with E-state index in [1.807, 2.05) is 17.8 Å². The molecule has 1 aliphatic heterocycles. The van der Waals surface area contributed by atoms with E-state index in [4.69, 9.17) is 0 Å². The van der Waals surface area contributed by atoms with Gasteiger partial charge in [0.15, 0.2) is 0 Å². The van der Waals surface area contributed by atoms with Gasteiger partial charge < -0.3 is 20.6 Å². The zero-order valence-electron chi connectivity index (χ0n) is 14.5. The van der Waals surface area contributed by atoms with E-state index >= 15 is 0 Å². The fraction of sp³-hybridized carbons (Fsp3) is 0.765. The number of carbonyl (C=O) groups excluding carboxylic acids is 1. The number of anilines is 1. The number of nitrogens with zero attached hydrogens (tertiary/aromatic N) is 3. The van der Waals surface area contributed by atoms with Gasteiger partial charge in [0, 0.05) is 12.7 Å². The normalized spacial score (nSPS) is 21.2. The molecule has 7 heteroatoms. The maximum Gasteiger partial charge on any atom is 0.319 e. The molecule has 3 rings (SSSR count). The van der Waals surface area contributed by atoms with Crippen LogP contribution in [0.2, 0.25) is 0 Å². The highest BCUT2D eigenvalue weighted by Crippen LogP contribution is 2.39. The summed E-state index contributed by atoms with van der Waals surface area (Å²) in [6, 6.07) is -0.283. The van der Waals surface area contributed by atoms with Gasteiger partial charge in [0.2, 0.25) is 0 Å². The molecule has 1 unspecified atom stereocenters. The number of hydrogen-bond acceptors (Lipinski definition) is 4. The van der Waals surface area contributed by atoms with E-state index in [0.717, 1.165) is 25.9 Å². The van der Waals surface area contributed by atoms with E-state index in [2.05, 4.69) is 20.6 Å². The Morgan fingerprint density at radius 1 is 1.33 bits per heavy atom. The van der Waals surface area contributed by atoms with Crippen LogP contribution in [0.15, 0.2) is 12.4 Å². The summed E-state index contributed by atoms with van der Waals surface area (Å²) in [7, 11) is 0. The molecule has 0 spiro atoms. The minimum Gasteiger partial charge on any atom is -0.394 e. The zero-order valence-corrected chi connectivity index (χ0v) is 14.5. The second kappa shape index (κ2) is 7.53. The lowest BCUT2D eigenvalue weighted by Gasteiger charge is -2.28. The van der Waals surface area contributed by atoms with E-state index in [1.165, 1.54) is 32.4 Å². The summed E-state index contributed by atoms with van der Waals surface area (Å²) in [4.78, 5) is 14.6. The van der Waals surface area contributed by atoms with Gasteiger partial charge in [-0.3, -0.25) is 4.68 Å². The van der Waals surface area contributed by atoms with Crippen molar-refractivity contribution in [2.24, 2.45) is 5.92 Å². The molecule has 2 amide bonds. The summed E-state index contributed by atoms with van der Waals surface area (Å²) in [6.45, 7) is 6.04. The molecule has 7 nitrogen and oxygen atoms in total. The number of aromatic nitrogens is 2. The molecule has 134 valence electrons. The van der Waals surface area contributed by atoms with Crippen LogP contribution in [0, 0.1) is 5.92 Å². The van der Waals surface area contributed by atoms with Crippen molar-refractivity contribution in [2.45, 2.75) is 51.1 Å². The van der Waals surface area contributed by atoms with Crippen molar-refractivity contribution in [1.29, 1.82) is 0 Å². The third kappa shape index (κ3) is 4.48. The lowest BCUT2D eigenvalue weighted by molar-refractivity contribution is 0.159. The van der Waals surface area contributed by atoms with Gasteiger partial charge in [-0.05, 0) is 51.6 Å². The zero-order chi connectivity index (χ0) is 17.0. The van der Waals surface area contributed by atoms with Crippen molar-refractivity contribution in [1.82, 2.24) is 20.0 Å². The average molecular weight is 335 g/mol. The fourth-order valence-electron chi connectivity index (χ4n) is 3.39. The third-order valence-corrected chi connectivity index (χ3v) is 5.19. The monoisotopic (exact) mass is 335 g/mol. The molecule has 3 N–H and O–H groups in total. The van der Waals surface area contributed by atoms with Gasteiger partial charge in [-0.25, -0.2) is 4.79 Å². The summed E-state index contributed by atoms with van der Waals surface area (Å²) in [5, 5.41) is 19.6. The summed E-state index contributed by atoms with van der Waals surface area (Å²) < 4.78 is 1.87. The van der Waals surface area contributed by atoms with Gasteiger partial charge in [-0.1, -0.05) is 6.42 Å². The molecule has 24 heavy (non-hydrogen) atoms. The maximum atomic E-state index is 12.2. The topological polar surface area (TPSA) is 82.4 Å². The molecule has 1 saturated heterocycles. The van der Waals surface area contributed by atoms with Crippen molar-refractivity contribution >= 4 is 11.7 Å². The Hall–Kier alpha value is -1.60. The Morgan fingerprint density at radius 2 is 2.08 bits per heavy atom. The van der Waals surface area contributed by atoms with Crippen LogP contribution in [-0.2, 0) is 6.54 Å². The Morgan fingerprint density at radius 3 is 2.75 bits per heavy atom. The molecule has 1 saturated carbocycles. The number of urea groups is 1. The van der Waals surface area contributed by atoms with Gasteiger partial charge >= 0.3 is 6.03 Å². The average Bonchev–Trinajstić information content (AvgIpc) is 3.36. The number of nitrogens with one attached hydrogen (secondary N) is 2. The molecule has 2 aliphatic rings. The minimum absolute atomic E-state index is 0.0415. The van der Waals surface area contributed by atoms with Crippen molar-refractivity contribution in [2.75, 3.05) is 31.6 Å². The molecule has 0 radical (unpaired) electrons. The Kier molecular flexibility index (Phi) is 5.40. The van der Waals surface area contributed by atoms with Gasteiger partial charge in [-0.2, -0.15) is 5.10 Å². The number of rotatable bonds is 7. The van der Waals surface area contributed by atoms with Crippen LogP contribution < -0.4 is 10.6 Å². The van der Waals surface area contributed by atoms with Crippen molar-refractivity contribution < 1.29 is 9.90 Å². The first-order valence-electron chi connectivity index (χ1n) is 9.04. The third-order valence-electron chi connectivity index (χ3n) is 5.19. The standard InChI is InChI=1S/C17H29N5O2/c1-17(13-23,14-5-6-14)20-16(24)19-15-11-18-22(12-15)10-9-21-7-3-2-4-8-21/h11-12,14,23H,2-10,13H2,1H3,(H2,19,20,24). The van der Waals surface area contributed by atoms with Crippen LogP contribution in [0.4, 0.5) is 10.5 Å². The SMILES string of the molecule is CC(CO)(NC(=O)Nc1cnn(CCN2CCCCC2)c1)C1CC1. The first-order valence-corrected chi connectivity index (χ1v) is 9.04. The number of piperidine rings is 1. The molecule has 0 bridgehead atoms. The first-order chi connectivity index (χ1) is 11.6. The Bertz CT molecular complexity index is 551. The molecule has 2 heterocycles. The number of hydrogen-bond donors (Lipinski definition) is 3. The lowest BCUT2D eigenvalue weighted by atomic mass is 9.97. The molecular formula is C17H29N5O2. The van der Waals surface area contributed by atoms with Gasteiger partial charge in [0.05, 0.1) is 30.6 Å². The molecular weight excluding hydrogens is 306 g/mol. The predicted molar refractivity (Wildman–Crippen MR) is 92.9 cm³/mol. The van der Waals surface area contributed by atoms with Crippen LogP contribution in [0.5, 0.6) is 0 Å². The Balaban J connectivity index is 1.45. The van der Waals surface area contributed by atoms with Gasteiger partial charge in [0.25, 0.3) is 0 Å². The number of likely N-dealkylation sites (tertiary alicyclic amines) is 1. The summed E-state index contributed by atoms with van der Waals surface area (Å²) >= 11 is 0. The van der Waals surface area contributed by atoms with E-state index < -0.39 is 5.54 Å². The van der Waals surface area contributed by atoms with Gasteiger partial charge in [-0.15, -0.1) is 0 Å². The van der Waals surface area contributed by atoms with E-state index in [9.17, 15) is 9.90 Å². The highest BCUT2D eigenvalue weighted by atomic mass is 16.3. The Labute approximate surface area is 143 Å². The second-order valence-corrected chi connectivity index (χ2v) is 7.32. The van der Waals surface area contributed by atoms with Crippen molar-refractivity contribution in [3.05, 3.63) is 12.4 Å². The maximum absolute atomic E-state index is 12.2. The molecule has 2 fully saturated rings. The van der Waals surface area contributed by atoms with Crippen LogP contribution in [-0.4, -0.2) is 57.6 Å². The number of amides is 2. The summed E-state index contributed by atoms with van der Waals surface area (Å²) in [5.74, 6) is 0.375. The van der Waals surface area contributed by atoms with Crippen LogP contribution in [0.25, 0.3) is 0 Å². The van der Waals surface area contributed by atoms with Crippen molar-refractivity contribution in [3.63, 3.8) is 0 Å². The quantitative estimate of drug-likeness (QED) is 0.708. The smallest absolute Gasteiger partial charge is 0.319 e. The minimum atomic E-state index is -0.533. The summed E-state index contributed by atoms with van der Waals surface area (Å²) in [6.07, 6.45) is 9.57. The van der Waals surface area contributed by atoms with Crippen LogP contribution >= 0.6 is 0 Å². The second-order valence-electron chi connectivity index (χ2n) is 7.32. The summed E-state index contributed by atoms with van der Waals surface area (Å²) in [5.41, 5.74) is 0.149.